The van der Waals surface area contributed by atoms with Gasteiger partial charge >= 0.3 is 5.97 Å². The molecule has 0 fully saturated rings. The lowest BCUT2D eigenvalue weighted by molar-refractivity contribution is 0.0584. The predicted molar refractivity (Wildman–Crippen MR) is 68.8 cm³/mol. The molecule has 0 N–H and O–H groups in total. The van der Waals surface area contributed by atoms with E-state index in [1.807, 2.05) is 30.3 Å². The van der Waals surface area contributed by atoms with E-state index in [4.69, 9.17) is 4.84 Å². The Labute approximate surface area is 110 Å². The van der Waals surface area contributed by atoms with E-state index < -0.39 is 5.97 Å². The fourth-order valence-electron chi connectivity index (χ4n) is 1.53. The number of carbonyl (C=O) groups is 1. The molecule has 2 aromatic rings. The fraction of sp³-hybridized carbons (Fsp3) is 0.143. The van der Waals surface area contributed by atoms with Crippen molar-refractivity contribution in [1.29, 1.82) is 0 Å². The SMILES string of the molecule is COC(=O)c1ccc(=O)n(OCc2ccccc2)c1. The van der Waals surface area contributed by atoms with Gasteiger partial charge in [0.05, 0.1) is 18.9 Å². The first kappa shape index (κ1) is 12.9. The molecular weight excluding hydrogens is 246 g/mol. The van der Waals surface area contributed by atoms with Crippen LogP contribution in [-0.2, 0) is 11.3 Å². The van der Waals surface area contributed by atoms with Gasteiger partial charge in [-0.3, -0.25) is 4.79 Å². The maximum atomic E-state index is 11.6. The van der Waals surface area contributed by atoms with Crippen molar-refractivity contribution in [1.82, 2.24) is 4.73 Å². The van der Waals surface area contributed by atoms with Crippen LogP contribution < -0.4 is 10.4 Å². The van der Waals surface area contributed by atoms with Crippen LogP contribution in [-0.4, -0.2) is 17.8 Å². The van der Waals surface area contributed by atoms with Gasteiger partial charge in [-0.25, -0.2) is 4.79 Å². The van der Waals surface area contributed by atoms with Gasteiger partial charge in [0.15, 0.2) is 0 Å². The van der Waals surface area contributed by atoms with E-state index in [-0.39, 0.29) is 17.7 Å². The van der Waals surface area contributed by atoms with E-state index in [1.165, 1.54) is 25.4 Å². The molecule has 0 saturated heterocycles. The summed E-state index contributed by atoms with van der Waals surface area (Å²) in [5, 5.41) is 0. The smallest absolute Gasteiger partial charge is 0.339 e. The highest BCUT2D eigenvalue weighted by atomic mass is 16.7. The Kier molecular flexibility index (Phi) is 3.97. The fourth-order valence-corrected chi connectivity index (χ4v) is 1.53. The van der Waals surface area contributed by atoms with Gasteiger partial charge in [0.25, 0.3) is 5.56 Å². The van der Waals surface area contributed by atoms with Crippen molar-refractivity contribution in [3.05, 3.63) is 70.1 Å². The van der Waals surface area contributed by atoms with Crippen LogP contribution in [0.3, 0.4) is 0 Å². The molecule has 0 aliphatic heterocycles. The summed E-state index contributed by atoms with van der Waals surface area (Å²) in [6.45, 7) is 0.241. The summed E-state index contributed by atoms with van der Waals surface area (Å²) in [6, 6.07) is 12.1. The van der Waals surface area contributed by atoms with Gasteiger partial charge in [-0.15, -0.1) is 0 Å². The van der Waals surface area contributed by atoms with E-state index in [0.717, 1.165) is 10.3 Å². The molecule has 0 unspecified atom stereocenters. The number of methoxy groups -OCH3 is 1. The lowest BCUT2D eigenvalue weighted by atomic mass is 10.2. The van der Waals surface area contributed by atoms with Crippen molar-refractivity contribution in [2.45, 2.75) is 6.61 Å². The number of rotatable bonds is 4. The summed E-state index contributed by atoms with van der Waals surface area (Å²) in [4.78, 5) is 28.3. The van der Waals surface area contributed by atoms with Crippen molar-refractivity contribution in [3.8, 4) is 0 Å². The average molecular weight is 259 g/mol. The Hall–Kier alpha value is -2.56. The van der Waals surface area contributed by atoms with Crippen molar-refractivity contribution in [3.63, 3.8) is 0 Å². The van der Waals surface area contributed by atoms with Gasteiger partial charge in [-0.05, 0) is 11.6 Å². The third-order valence-electron chi connectivity index (χ3n) is 2.51. The number of nitrogens with zero attached hydrogens (tertiary/aromatic N) is 1. The van der Waals surface area contributed by atoms with Gasteiger partial charge in [0.1, 0.15) is 6.61 Å². The molecule has 0 aliphatic carbocycles. The van der Waals surface area contributed by atoms with Crippen molar-refractivity contribution in [2.24, 2.45) is 0 Å². The molecule has 0 atom stereocenters. The maximum absolute atomic E-state index is 11.6. The quantitative estimate of drug-likeness (QED) is 0.776. The van der Waals surface area contributed by atoms with E-state index in [1.54, 1.807) is 0 Å². The predicted octanol–water partition coefficient (Wildman–Crippen LogP) is 1.26. The summed E-state index contributed by atoms with van der Waals surface area (Å²) in [6.07, 6.45) is 1.32. The summed E-state index contributed by atoms with van der Waals surface area (Å²) in [5.74, 6) is -0.517. The van der Waals surface area contributed by atoms with Gasteiger partial charge in [-0.2, -0.15) is 4.73 Å². The molecule has 98 valence electrons. The van der Waals surface area contributed by atoms with Crippen LogP contribution in [0.2, 0.25) is 0 Å². The summed E-state index contributed by atoms with van der Waals surface area (Å²) in [5.41, 5.74) is 0.844. The highest BCUT2D eigenvalue weighted by molar-refractivity contribution is 5.88. The van der Waals surface area contributed by atoms with Gasteiger partial charge in [0.2, 0.25) is 0 Å². The monoisotopic (exact) mass is 259 g/mol. The Morgan fingerprint density at radius 3 is 2.58 bits per heavy atom. The minimum atomic E-state index is -0.517. The summed E-state index contributed by atoms with van der Waals surface area (Å²) < 4.78 is 5.61. The van der Waals surface area contributed by atoms with Crippen LogP contribution in [0.4, 0.5) is 0 Å². The van der Waals surface area contributed by atoms with Gasteiger partial charge < -0.3 is 9.57 Å². The first-order chi connectivity index (χ1) is 9.20. The van der Waals surface area contributed by atoms with Crippen molar-refractivity contribution in [2.75, 3.05) is 7.11 Å². The molecular formula is C14H13NO4. The minimum absolute atomic E-state index is 0.241. The molecule has 1 aromatic carbocycles. The standard InChI is InChI=1S/C14H13NO4/c1-18-14(17)12-7-8-13(16)15(9-12)19-10-11-5-3-2-4-6-11/h2-9H,10H2,1H3. The number of pyridine rings is 1. The molecule has 5 nitrogen and oxygen atoms in total. The molecule has 19 heavy (non-hydrogen) atoms. The van der Waals surface area contributed by atoms with Crippen molar-refractivity contribution >= 4 is 5.97 Å². The highest BCUT2D eigenvalue weighted by Gasteiger charge is 2.07. The Morgan fingerprint density at radius 2 is 1.89 bits per heavy atom. The van der Waals surface area contributed by atoms with Crippen LogP contribution in [0.1, 0.15) is 15.9 Å². The number of aromatic nitrogens is 1. The summed E-state index contributed by atoms with van der Waals surface area (Å²) >= 11 is 0. The van der Waals surface area contributed by atoms with E-state index in [9.17, 15) is 9.59 Å². The topological polar surface area (TPSA) is 57.5 Å². The molecule has 5 heteroatoms. The maximum Gasteiger partial charge on any atom is 0.339 e. The van der Waals surface area contributed by atoms with Crippen molar-refractivity contribution < 1.29 is 14.4 Å². The summed E-state index contributed by atoms with van der Waals surface area (Å²) in [7, 11) is 1.28. The normalized spacial score (nSPS) is 9.95. The highest BCUT2D eigenvalue weighted by Crippen LogP contribution is 2.00. The second-order valence-corrected chi connectivity index (χ2v) is 3.83. The second kappa shape index (κ2) is 5.86. The Balaban J connectivity index is 2.16. The zero-order valence-corrected chi connectivity index (χ0v) is 10.4. The molecule has 0 bridgehead atoms. The number of hydrogen-bond acceptors (Lipinski definition) is 4. The zero-order chi connectivity index (χ0) is 13.7. The van der Waals surface area contributed by atoms with E-state index in [2.05, 4.69) is 4.74 Å². The molecule has 0 aliphatic rings. The Bertz CT molecular complexity index is 619. The first-order valence-corrected chi connectivity index (χ1v) is 5.69. The molecule has 0 spiro atoms. The minimum Gasteiger partial charge on any atom is -0.465 e. The molecule has 0 radical (unpaired) electrons. The molecule has 1 aromatic heterocycles. The second-order valence-electron chi connectivity index (χ2n) is 3.83. The van der Waals surface area contributed by atoms with Crippen LogP contribution in [0.15, 0.2) is 53.5 Å². The van der Waals surface area contributed by atoms with Crippen LogP contribution in [0.5, 0.6) is 0 Å². The lowest BCUT2D eigenvalue weighted by Gasteiger charge is -2.09. The zero-order valence-electron chi connectivity index (χ0n) is 10.4. The number of benzene rings is 1. The number of esters is 1. The van der Waals surface area contributed by atoms with Crippen LogP contribution in [0.25, 0.3) is 0 Å². The first-order valence-electron chi connectivity index (χ1n) is 5.69. The largest absolute Gasteiger partial charge is 0.465 e. The van der Waals surface area contributed by atoms with Gasteiger partial charge in [-0.1, -0.05) is 30.3 Å². The van der Waals surface area contributed by atoms with E-state index >= 15 is 0 Å². The number of carbonyl (C=O) groups excluding carboxylic acids is 1. The molecule has 2 rings (SSSR count). The van der Waals surface area contributed by atoms with Crippen LogP contribution >= 0.6 is 0 Å². The Morgan fingerprint density at radius 1 is 1.16 bits per heavy atom. The molecule has 0 saturated carbocycles. The number of ether oxygens (including phenoxy) is 1. The molecule has 0 amide bonds. The van der Waals surface area contributed by atoms with Gasteiger partial charge in [0, 0.05) is 6.07 Å². The third kappa shape index (κ3) is 3.22. The molecule has 1 heterocycles. The number of hydrogen-bond donors (Lipinski definition) is 0. The average Bonchev–Trinajstić information content (AvgIpc) is 2.46. The third-order valence-corrected chi connectivity index (χ3v) is 2.51. The lowest BCUT2D eigenvalue weighted by Crippen LogP contribution is -2.26. The van der Waals surface area contributed by atoms with Crippen LogP contribution in [0, 0.1) is 0 Å². The van der Waals surface area contributed by atoms with E-state index in [0.29, 0.717) is 0 Å².